The van der Waals surface area contributed by atoms with E-state index in [1.807, 2.05) is 11.8 Å². The van der Waals surface area contributed by atoms with Gasteiger partial charge in [-0.3, -0.25) is 0 Å². The molecule has 0 amide bonds. The fourth-order valence-electron chi connectivity index (χ4n) is 1.70. The minimum absolute atomic E-state index is 0.444. The molecular weight excluding hydrogens is 240 g/mol. The highest BCUT2D eigenvalue weighted by Gasteiger charge is 2.05. The molecule has 0 radical (unpaired) electrons. The first-order valence-electron chi connectivity index (χ1n) is 6.74. The molecule has 18 heavy (non-hydrogen) atoms. The summed E-state index contributed by atoms with van der Waals surface area (Å²) in [5.74, 6) is 1.15. The molecule has 1 rings (SSSR count). The molecule has 3 heteroatoms. The Balaban J connectivity index is 2.50. The molecule has 0 bridgehead atoms. The second kappa shape index (κ2) is 8.57. The van der Waals surface area contributed by atoms with Crippen molar-refractivity contribution in [2.45, 2.75) is 31.2 Å². The number of rotatable bonds is 8. The Morgan fingerprint density at radius 2 is 2.11 bits per heavy atom. The third kappa shape index (κ3) is 5.89. The van der Waals surface area contributed by atoms with Crippen LogP contribution in [0.1, 0.15) is 31.9 Å². The Morgan fingerprint density at radius 3 is 2.78 bits per heavy atom. The highest BCUT2D eigenvalue weighted by atomic mass is 32.2. The molecule has 2 nitrogen and oxygen atoms in total. The Bertz CT molecular complexity index is 339. The maximum Gasteiger partial charge on any atom is 0.0292 e. The Hall–Kier alpha value is -0.510. The van der Waals surface area contributed by atoms with Crippen molar-refractivity contribution in [2.75, 3.05) is 32.9 Å². The lowest BCUT2D eigenvalue weighted by Gasteiger charge is -2.15. The van der Waals surface area contributed by atoms with Gasteiger partial charge >= 0.3 is 0 Å². The van der Waals surface area contributed by atoms with Crippen LogP contribution in [0.15, 0.2) is 29.2 Å². The zero-order valence-corrected chi connectivity index (χ0v) is 12.9. The van der Waals surface area contributed by atoms with E-state index in [4.69, 9.17) is 0 Å². The van der Waals surface area contributed by atoms with Crippen molar-refractivity contribution in [3.8, 4) is 0 Å². The van der Waals surface area contributed by atoms with Gasteiger partial charge < -0.3 is 10.2 Å². The van der Waals surface area contributed by atoms with E-state index in [-0.39, 0.29) is 0 Å². The molecule has 0 aliphatic rings. The molecule has 0 saturated heterocycles. The zero-order chi connectivity index (χ0) is 13.4. The van der Waals surface area contributed by atoms with Gasteiger partial charge in [-0.05, 0) is 51.7 Å². The molecule has 1 N–H and O–H groups in total. The van der Waals surface area contributed by atoms with Gasteiger partial charge in [0.15, 0.2) is 0 Å². The smallest absolute Gasteiger partial charge is 0.0292 e. The SMILES string of the molecule is CCCNC(C)c1cccc(SCCN(C)C)c1. The molecule has 102 valence electrons. The van der Waals surface area contributed by atoms with Crippen LogP contribution in [-0.2, 0) is 0 Å². The van der Waals surface area contributed by atoms with Crippen molar-refractivity contribution in [1.29, 1.82) is 0 Å². The van der Waals surface area contributed by atoms with E-state index in [0.717, 1.165) is 18.8 Å². The third-order valence-corrected chi connectivity index (χ3v) is 3.84. The van der Waals surface area contributed by atoms with Gasteiger partial charge in [0.05, 0.1) is 0 Å². The van der Waals surface area contributed by atoms with Crippen LogP contribution in [0.25, 0.3) is 0 Å². The van der Waals surface area contributed by atoms with Crippen molar-refractivity contribution in [2.24, 2.45) is 0 Å². The molecule has 0 heterocycles. The normalized spacial score (nSPS) is 12.9. The van der Waals surface area contributed by atoms with Gasteiger partial charge in [-0.1, -0.05) is 19.1 Å². The molecular formula is C15H26N2S. The van der Waals surface area contributed by atoms with Crippen LogP contribution in [0.3, 0.4) is 0 Å². The maximum atomic E-state index is 3.53. The summed E-state index contributed by atoms with van der Waals surface area (Å²) in [5, 5.41) is 3.53. The third-order valence-electron chi connectivity index (χ3n) is 2.87. The number of nitrogens with one attached hydrogen (secondary N) is 1. The lowest BCUT2D eigenvalue weighted by molar-refractivity contribution is 0.437. The summed E-state index contributed by atoms with van der Waals surface area (Å²) in [6, 6.07) is 9.34. The maximum absolute atomic E-state index is 3.53. The minimum atomic E-state index is 0.444. The number of hydrogen-bond donors (Lipinski definition) is 1. The van der Waals surface area contributed by atoms with Gasteiger partial charge in [-0.25, -0.2) is 0 Å². The predicted molar refractivity (Wildman–Crippen MR) is 82.4 cm³/mol. The topological polar surface area (TPSA) is 15.3 Å². The second-order valence-electron chi connectivity index (χ2n) is 4.90. The molecule has 1 aromatic rings. The molecule has 1 unspecified atom stereocenters. The number of thioether (sulfide) groups is 1. The number of benzene rings is 1. The van der Waals surface area contributed by atoms with E-state index in [1.165, 1.54) is 16.9 Å². The first-order chi connectivity index (χ1) is 8.63. The van der Waals surface area contributed by atoms with Crippen LogP contribution in [0.2, 0.25) is 0 Å². The quantitative estimate of drug-likeness (QED) is 0.726. The van der Waals surface area contributed by atoms with Crippen molar-refractivity contribution in [1.82, 2.24) is 10.2 Å². The van der Waals surface area contributed by atoms with E-state index >= 15 is 0 Å². The van der Waals surface area contributed by atoms with Crippen molar-refractivity contribution >= 4 is 11.8 Å². The Labute approximate surface area is 116 Å². The molecule has 0 spiro atoms. The van der Waals surface area contributed by atoms with E-state index in [0.29, 0.717) is 6.04 Å². The van der Waals surface area contributed by atoms with E-state index in [2.05, 4.69) is 62.4 Å². The first kappa shape index (κ1) is 15.5. The average Bonchev–Trinajstić information content (AvgIpc) is 2.36. The minimum Gasteiger partial charge on any atom is -0.310 e. The van der Waals surface area contributed by atoms with E-state index in [9.17, 15) is 0 Å². The summed E-state index contributed by atoms with van der Waals surface area (Å²) in [5.41, 5.74) is 1.39. The lowest BCUT2D eigenvalue weighted by atomic mass is 10.1. The Kier molecular flexibility index (Phi) is 7.40. The van der Waals surface area contributed by atoms with Crippen molar-refractivity contribution in [3.63, 3.8) is 0 Å². The van der Waals surface area contributed by atoms with Gasteiger partial charge in [0.1, 0.15) is 0 Å². The molecule has 0 saturated carbocycles. The molecule has 1 atom stereocenters. The summed E-state index contributed by atoms with van der Waals surface area (Å²) in [4.78, 5) is 3.60. The highest BCUT2D eigenvalue weighted by Crippen LogP contribution is 2.22. The van der Waals surface area contributed by atoms with Crippen molar-refractivity contribution in [3.05, 3.63) is 29.8 Å². The monoisotopic (exact) mass is 266 g/mol. The summed E-state index contributed by atoms with van der Waals surface area (Å²) >= 11 is 1.93. The van der Waals surface area contributed by atoms with E-state index < -0.39 is 0 Å². The van der Waals surface area contributed by atoms with Gasteiger partial charge in [0.2, 0.25) is 0 Å². The lowest BCUT2D eigenvalue weighted by Crippen LogP contribution is -2.19. The van der Waals surface area contributed by atoms with E-state index in [1.54, 1.807) is 0 Å². The zero-order valence-electron chi connectivity index (χ0n) is 12.1. The Morgan fingerprint density at radius 1 is 1.33 bits per heavy atom. The highest BCUT2D eigenvalue weighted by molar-refractivity contribution is 7.99. The molecule has 1 aromatic carbocycles. The first-order valence-corrected chi connectivity index (χ1v) is 7.73. The van der Waals surface area contributed by atoms with Crippen molar-refractivity contribution < 1.29 is 0 Å². The summed E-state index contributed by atoms with van der Waals surface area (Å²) in [7, 11) is 4.24. The summed E-state index contributed by atoms with van der Waals surface area (Å²) in [6.07, 6.45) is 1.18. The van der Waals surface area contributed by atoms with Crippen LogP contribution >= 0.6 is 11.8 Å². The standard InChI is InChI=1S/C15H26N2S/c1-5-9-16-13(2)14-7-6-8-15(12-14)18-11-10-17(3)4/h6-8,12-13,16H,5,9-11H2,1-4H3. The van der Waals surface area contributed by atoms with Crippen LogP contribution in [-0.4, -0.2) is 37.8 Å². The van der Waals surface area contributed by atoms with Crippen LogP contribution < -0.4 is 5.32 Å². The number of nitrogens with zero attached hydrogens (tertiary/aromatic N) is 1. The second-order valence-corrected chi connectivity index (χ2v) is 6.07. The molecule has 0 fully saturated rings. The van der Waals surface area contributed by atoms with Gasteiger partial charge in [0.25, 0.3) is 0 Å². The summed E-state index contributed by atoms with van der Waals surface area (Å²) < 4.78 is 0. The van der Waals surface area contributed by atoms with Gasteiger partial charge in [-0.15, -0.1) is 11.8 Å². The molecule has 0 aliphatic carbocycles. The van der Waals surface area contributed by atoms with Gasteiger partial charge in [-0.2, -0.15) is 0 Å². The van der Waals surface area contributed by atoms with Crippen LogP contribution in [0.4, 0.5) is 0 Å². The largest absolute Gasteiger partial charge is 0.310 e. The average molecular weight is 266 g/mol. The fraction of sp³-hybridized carbons (Fsp3) is 0.600. The predicted octanol–water partition coefficient (Wildman–Crippen LogP) is 3.40. The van der Waals surface area contributed by atoms with Crippen LogP contribution in [0, 0.1) is 0 Å². The molecule has 0 aromatic heterocycles. The fourth-order valence-corrected chi connectivity index (χ4v) is 2.78. The van der Waals surface area contributed by atoms with Gasteiger partial charge in [0, 0.05) is 23.2 Å². The molecule has 0 aliphatic heterocycles. The number of hydrogen-bond acceptors (Lipinski definition) is 3. The van der Waals surface area contributed by atoms with Crippen LogP contribution in [0.5, 0.6) is 0 Å². The summed E-state index contributed by atoms with van der Waals surface area (Å²) in [6.45, 7) is 6.64.